The zero-order valence-electron chi connectivity index (χ0n) is 15.9. The fourth-order valence-corrected chi connectivity index (χ4v) is 3.58. The highest BCUT2D eigenvalue weighted by Gasteiger charge is 2.09. The van der Waals surface area contributed by atoms with Crippen LogP contribution in [0.1, 0.15) is 12.0 Å². The van der Waals surface area contributed by atoms with Crippen molar-refractivity contribution in [3.8, 4) is 0 Å². The van der Waals surface area contributed by atoms with Gasteiger partial charge in [-0.2, -0.15) is 0 Å². The lowest BCUT2D eigenvalue weighted by molar-refractivity contribution is 0.508. The minimum absolute atomic E-state index is 0.396. The van der Waals surface area contributed by atoms with Crippen LogP contribution in [0.5, 0.6) is 0 Å². The fraction of sp³-hybridized carbons (Fsp3) is 0.208. The van der Waals surface area contributed by atoms with Crippen LogP contribution in [-0.4, -0.2) is 18.1 Å². The molecule has 0 atom stereocenters. The van der Waals surface area contributed by atoms with E-state index in [1.807, 2.05) is 12.1 Å². The van der Waals surface area contributed by atoms with E-state index in [0.29, 0.717) is 19.0 Å². The van der Waals surface area contributed by atoms with E-state index in [1.54, 1.807) is 0 Å². The van der Waals surface area contributed by atoms with E-state index < -0.39 is 0 Å². The fourth-order valence-electron chi connectivity index (χ4n) is 3.58. The van der Waals surface area contributed by atoms with Gasteiger partial charge in [0.05, 0.1) is 16.7 Å². The Morgan fingerprint density at radius 3 is 1.89 bits per heavy atom. The number of anilines is 2. The lowest BCUT2D eigenvalue weighted by Gasteiger charge is -2.14. The van der Waals surface area contributed by atoms with Gasteiger partial charge in [-0.3, -0.25) is 0 Å². The largest absolute Gasteiger partial charge is 0.354 e. The summed E-state index contributed by atoms with van der Waals surface area (Å²) >= 11 is 0. The molecule has 0 bridgehead atoms. The number of benzene rings is 3. The van der Waals surface area contributed by atoms with Gasteiger partial charge in [0.1, 0.15) is 0 Å². The third kappa shape index (κ3) is 3.84. The number of para-hydroxylation sites is 2. The van der Waals surface area contributed by atoms with Gasteiger partial charge in [0.15, 0.2) is 0 Å². The third-order valence-electron chi connectivity index (χ3n) is 5.32. The van der Waals surface area contributed by atoms with E-state index in [9.17, 15) is 0 Å². The second-order valence-electron chi connectivity index (χ2n) is 7.22. The van der Waals surface area contributed by atoms with E-state index in [-0.39, 0.29) is 0 Å². The van der Waals surface area contributed by atoms with Crippen molar-refractivity contribution in [1.29, 1.82) is 0 Å². The molecule has 0 aliphatic rings. The molecule has 142 valence electrons. The zero-order chi connectivity index (χ0) is 19.3. The van der Waals surface area contributed by atoms with Gasteiger partial charge in [-0.1, -0.05) is 48.5 Å². The van der Waals surface area contributed by atoms with Crippen LogP contribution in [0.4, 0.5) is 11.4 Å². The number of fused-ring (bicyclic) bond motifs is 2. The maximum Gasteiger partial charge on any atom is 0.0730 e. The van der Waals surface area contributed by atoms with Crippen molar-refractivity contribution in [3.05, 3.63) is 78.4 Å². The molecule has 5 N–H and O–H groups in total. The quantitative estimate of drug-likeness (QED) is 0.416. The van der Waals surface area contributed by atoms with Crippen LogP contribution in [0.15, 0.2) is 72.8 Å². The number of nitrogens with zero attached hydrogens (tertiary/aromatic N) is 1. The lowest BCUT2D eigenvalue weighted by atomic mass is 9.99. The molecule has 0 saturated heterocycles. The summed E-state index contributed by atoms with van der Waals surface area (Å²) in [4.78, 5) is 4.79. The summed E-state index contributed by atoms with van der Waals surface area (Å²) < 4.78 is 0. The van der Waals surface area contributed by atoms with Crippen molar-refractivity contribution in [3.63, 3.8) is 0 Å². The number of rotatable bonds is 7. The van der Waals surface area contributed by atoms with Gasteiger partial charge < -0.3 is 16.8 Å². The maximum atomic E-state index is 5.75. The third-order valence-corrected chi connectivity index (χ3v) is 5.32. The number of nitrogens with two attached hydrogens (primary N) is 2. The molecule has 0 fully saturated rings. The second kappa shape index (κ2) is 8.38. The molecule has 1 heterocycles. The van der Waals surface area contributed by atoms with Crippen molar-refractivity contribution in [1.82, 2.24) is 4.98 Å². The standard InChI is InChI=1S/C24H26N4/c25-15-18(16-26)10-9-17-11-13-19(14-12-17)27-24-20-5-1-3-7-22(20)28-23-8-4-2-6-21(23)24/h1-8,11-14,18H,9-10,15-16,25-26H2,(H,27,28). The van der Waals surface area contributed by atoms with E-state index in [2.05, 4.69) is 66.0 Å². The SMILES string of the molecule is NCC(CN)CCc1ccc(Nc2c3ccccc3nc3ccccc23)cc1. The molecular formula is C24H26N4. The molecule has 4 heteroatoms. The van der Waals surface area contributed by atoms with Crippen LogP contribution >= 0.6 is 0 Å². The molecule has 0 amide bonds. The first-order valence-corrected chi connectivity index (χ1v) is 9.82. The Hall–Kier alpha value is -2.95. The van der Waals surface area contributed by atoms with Gasteiger partial charge in [0.2, 0.25) is 0 Å². The number of aromatic nitrogens is 1. The van der Waals surface area contributed by atoms with Crippen LogP contribution in [-0.2, 0) is 6.42 Å². The van der Waals surface area contributed by atoms with Crippen LogP contribution in [0.2, 0.25) is 0 Å². The number of pyridine rings is 1. The highest BCUT2D eigenvalue weighted by molar-refractivity contribution is 6.08. The van der Waals surface area contributed by atoms with Gasteiger partial charge in [-0.15, -0.1) is 0 Å². The van der Waals surface area contributed by atoms with Gasteiger partial charge in [-0.25, -0.2) is 4.98 Å². The van der Waals surface area contributed by atoms with Gasteiger partial charge >= 0.3 is 0 Å². The molecule has 3 aromatic carbocycles. The highest BCUT2D eigenvalue weighted by atomic mass is 14.9. The molecule has 0 aliphatic heterocycles. The molecule has 4 rings (SSSR count). The average molecular weight is 371 g/mol. The maximum absolute atomic E-state index is 5.75. The zero-order valence-corrected chi connectivity index (χ0v) is 15.9. The first kappa shape index (κ1) is 18.4. The van der Waals surface area contributed by atoms with Crippen molar-refractivity contribution in [2.24, 2.45) is 17.4 Å². The van der Waals surface area contributed by atoms with E-state index in [4.69, 9.17) is 16.5 Å². The summed E-state index contributed by atoms with van der Waals surface area (Å²) in [5, 5.41) is 5.87. The predicted octanol–water partition coefficient (Wildman–Crippen LogP) is 4.60. The Kier molecular flexibility index (Phi) is 5.51. The van der Waals surface area contributed by atoms with Gasteiger partial charge in [-0.05, 0) is 61.7 Å². The molecule has 4 nitrogen and oxygen atoms in total. The second-order valence-corrected chi connectivity index (χ2v) is 7.22. The molecule has 0 aliphatic carbocycles. The number of nitrogens with one attached hydrogen (secondary N) is 1. The molecule has 1 aromatic heterocycles. The molecule has 0 radical (unpaired) electrons. The molecule has 0 unspecified atom stereocenters. The Morgan fingerprint density at radius 2 is 1.32 bits per heavy atom. The molecular weight excluding hydrogens is 344 g/mol. The average Bonchev–Trinajstić information content (AvgIpc) is 2.75. The minimum atomic E-state index is 0.396. The summed E-state index contributed by atoms with van der Waals surface area (Å²) in [6.07, 6.45) is 2.03. The Morgan fingerprint density at radius 1 is 0.750 bits per heavy atom. The minimum Gasteiger partial charge on any atom is -0.354 e. The first-order chi connectivity index (χ1) is 13.8. The summed E-state index contributed by atoms with van der Waals surface area (Å²) in [5.41, 5.74) is 17.0. The number of hydrogen-bond acceptors (Lipinski definition) is 4. The Labute approximate surface area is 165 Å². The summed E-state index contributed by atoms with van der Waals surface area (Å²) in [6.45, 7) is 1.30. The monoisotopic (exact) mass is 370 g/mol. The van der Waals surface area contributed by atoms with Crippen molar-refractivity contribution in [2.45, 2.75) is 12.8 Å². The number of aryl methyl sites for hydroxylation is 1. The molecule has 0 spiro atoms. The van der Waals surface area contributed by atoms with Crippen molar-refractivity contribution >= 4 is 33.2 Å². The molecule has 0 saturated carbocycles. The van der Waals surface area contributed by atoms with Crippen molar-refractivity contribution < 1.29 is 0 Å². The van der Waals surface area contributed by atoms with E-state index in [1.165, 1.54) is 5.56 Å². The normalized spacial score (nSPS) is 11.4. The Bertz CT molecular complexity index is 1010. The molecule has 28 heavy (non-hydrogen) atoms. The lowest BCUT2D eigenvalue weighted by Crippen LogP contribution is -2.23. The molecule has 4 aromatic rings. The summed E-state index contributed by atoms with van der Waals surface area (Å²) in [5.74, 6) is 0.396. The first-order valence-electron chi connectivity index (χ1n) is 9.82. The summed E-state index contributed by atoms with van der Waals surface area (Å²) in [7, 11) is 0. The smallest absolute Gasteiger partial charge is 0.0730 e. The predicted molar refractivity (Wildman–Crippen MR) is 119 cm³/mol. The van der Waals surface area contributed by atoms with Crippen LogP contribution < -0.4 is 16.8 Å². The number of hydrogen-bond donors (Lipinski definition) is 3. The summed E-state index contributed by atoms with van der Waals surface area (Å²) in [6, 6.07) is 25.1. The van der Waals surface area contributed by atoms with E-state index in [0.717, 1.165) is 46.0 Å². The Balaban J connectivity index is 1.62. The van der Waals surface area contributed by atoms with Crippen LogP contribution in [0, 0.1) is 5.92 Å². The van der Waals surface area contributed by atoms with Crippen LogP contribution in [0.3, 0.4) is 0 Å². The van der Waals surface area contributed by atoms with Crippen molar-refractivity contribution in [2.75, 3.05) is 18.4 Å². The van der Waals surface area contributed by atoms with Gasteiger partial charge in [0, 0.05) is 16.5 Å². The van der Waals surface area contributed by atoms with Crippen LogP contribution in [0.25, 0.3) is 21.8 Å². The van der Waals surface area contributed by atoms with Gasteiger partial charge in [0.25, 0.3) is 0 Å². The van der Waals surface area contributed by atoms with E-state index >= 15 is 0 Å². The highest BCUT2D eigenvalue weighted by Crippen LogP contribution is 2.33. The topological polar surface area (TPSA) is 77.0 Å².